The van der Waals surface area contributed by atoms with Crippen molar-refractivity contribution in [1.82, 2.24) is 15.0 Å². The maximum Gasteiger partial charge on any atom is 0.164 e. The summed E-state index contributed by atoms with van der Waals surface area (Å²) in [7, 11) is 0. The summed E-state index contributed by atoms with van der Waals surface area (Å²) in [5.74, 6) is 0.693. The number of furan rings is 1. The van der Waals surface area contributed by atoms with Crippen molar-refractivity contribution >= 4 is 49.8 Å². The van der Waals surface area contributed by atoms with E-state index in [0.29, 0.717) is 28.3 Å². The van der Waals surface area contributed by atoms with E-state index in [-0.39, 0.29) is 69.1 Å². The molecule has 8 aromatic carbocycles. The van der Waals surface area contributed by atoms with Gasteiger partial charge in [0.1, 0.15) is 11.2 Å². The highest BCUT2D eigenvalue weighted by atomic mass is 16.3. The Kier molecular flexibility index (Phi) is 6.30. The number of anilines is 3. The molecule has 0 aliphatic heterocycles. The summed E-state index contributed by atoms with van der Waals surface area (Å²) in [6, 6.07) is 48.9. The smallest absolute Gasteiger partial charge is 0.164 e. The fraction of sp³-hybridized carbons (Fsp3) is 0. The van der Waals surface area contributed by atoms with Gasteiger partial charge in [-0.3, -0.25) is 0 Å². The summed E-state index contributed by atoms with van der Waals surface area (Å²) in [4.78, 5) is 16.5. The second kappa shape index (κ2) is 13.3. The van der Waals surface area contributed by atoms with E-state index in [1.807, 2.05) is 133 Å². The Labute approximate surface area is 320 Å². The largest absolute Gasteiger partial charge is 0.456 e. The molecule has 0 spiro atoms. The molecule has 0 saturated carbocycles. The molecule has 0 radical (unpaired) electrons. The first-order valence-corrected chi connectivity index (χ1v) is 17.5. The van der Waals surface area contributed by atoms with E-state index >= 15 is 0 Å². The van der Waals surface area contributed by atoms with Gasteiger partial charge in [-0.2, -0.15) is 0 Å². The third kappa shape index (κ3) is 5.65. The second-order valence-corrected chi connectivity index (χ2v) is 12.8. The van der Waals surface area contributed by atoms with Crippen molar-refractivity contribution in [2.45, 2.75) is 0 Å². The van der Waals surface area contributed by atoms with Gasteiger partial charge in [-0.25, -0.2) is 15.0 Å². The van der Waals surface area contributed by atoms with Crippen molar-refractivity contribution in [3.8, 4) is 45.3 Å². The first-order chi connectivity index (χ1) is 29.3. The minimum atomic E-state index is -0.423. The predicted octanol–water partition coefficient (Wildman–Crippen LogP) is 13.1. The molecule has 0 bridgehead atoms. The quantitative estimate of drug-likeness (QED) is 0.166. The van der Waals surface area contributed by atoms with Gasteiger partial charge in [0, 0.05) is 44.2 Å². The number of fused-ring (bicyclic) bond motifs is 4. The third-order valence-electron chi connectivity index (χ3n) is 9.43. The molecule has 0 aliphatic rings. The molecule has 0 aliphatic carbocycles. The molecule has 2 heterocycles. The van der Waals surface area contributed by atoms with Crippen molar-refractivity contribution in [3.05, 3.63) is 194 Å². The SMILES string of the molecule is [2H]c1c([2H])c(-c2nc(-c3ccccc3)nc(-c3ccccc3)n2)c2c(oc3c([2H])c(-c4ccc(N(c5ccccc5)c5cccc6ccccc56)cc4)c([2H])c([2H])c32)c1[2H]. The van der Waals surface area contributed by atoms with Crippen molar-refractivity contribution in [1.29, 1.82) is 0 Å². The van der Waals surface area contributed by atoms with Crippen molar-refractivity contribution in [3.63, 3.8) is 0 Å². The lowest BCUT2D eigenvalue weighted by atomic mass is 10.0. The van der Waals surface area contributed by atoms with E-state index in [1.54, 1.807) is 0 Å². The number of nitrogens with zero attached hydrogens (tertiary/aromatic N) is 4. The van der Waals surface area contributed by atoms with E-state index < -0.39 is 6.04 Å². The molecule has 0 fully saturated rings. The lowest BCUT2D eigenvalue weighted by Crippen LogP contribution is -2.10. The summed E-state index contributed by atoms with van der Waals surface area (Å²) >= 11 is 0. The van der Waals surface area contributed by atoms with Gasteiger partial charge in [0.25, 0.3) is 0 Å². The van der Waals surface area contributed by atoms with Crippen LogP contribution in [0.4, 0.5) is 17.1 Å². The lowest BCUT2D eigenvalue weighted by molar-refractivity contribution is 0.669. The Bertz CT molecular complexity index is 3210. The number of aromatic nitrogens is 3. The van der Waals surface area contributed by atoms with E-state index in [9.17, 15) is 5.48 Å². The van der Waals surface area contributed by atoms with E-state index in [1.165, 1.54) is 0 Å². The topological polar surface area (TPSA) is 55.1 Å². The van der Waals surface area contributed by atoms with Gasteiger partial charge in [0.05, 0.1) is 13.9 Å². The van der Waals surface area contributed by atoms with Crippen molar-refractivity contribution < 1.29 is 12.6 Å². The Balaban J connectivity index is 1.16. The van der Waals surface area contributed by atoms with Crippen LogP contribution in [0.5, 0.6) is 0 Å². The maximum atomic E-state index is 9.49. The monoisotopic (exact) mass is 698 g/mol. The van der Waals surface area contributed by atoms with Gasteiger partial charge >= 0.3 is 0 Å². The Morgan fingerprint density at radius 2 is 1.06 bits per heavy atom. The molecule has 5 heteroatoms. The molecule has 10 aromatic rings. The number of rotatable bonds is 7. The summed E-state index contributed by atoms with van der Waals surface area (Å²) in [5.41, 5.74) is 4.83. The zero-order valence-electron chi connectivity index (χ0n) is 34.7. The zero-order valence-corrected chi connectivity index (χ0v) is 28.7. The van der Waals surface area contributed by atoms with Gasteiger partial charge in [0.15, 0.2) is 17.5 Å². The third-order valence-corrected chi connectivity index (χ3v) is 9.43. The molecular weight excluding hydrogens is 661 g/mol. The standard InChI is InChI=1S/C49H32N4O/c1-4-15-35(16-5-1)47-50-48(36-17-6-2-7-18-36)52-49(51-47)42-23-13-25-44-46(42)41-31-28-37(32-45(41)54-44)33-26-29-39(30-27-33)53(38-20-8-3-9-21-38)43-24-12-19-34-14-10-11-22-40(34)43/h1-32H/i13D,23D,25D,28D,31D,32D. The van der Waals surface area contributed by atoms with E-state index in [4.69, 9.17) is 22.1 Å². The Morgan fingerprint density at radius 1 is 0.444 bits per heavy atom. The molecule has 10 rings (SSSR count). The van der Waals surface area contributed by atoms with Crippen molar-refractivity contribution in [2.24, 2.45) is 0 Å². The molecule has 0 amide bonds. The van der Waals surface area contributed by atoms with Gasteiger partial charge in [-0.15, -0.1) is 0 Å². The Morgan fingerprint density at radius 3 is 1.78 bits per heavy atom. The van der Waals surface area contributed by atoms with E-state index in [0.717, 1.165) is 27.8 Å². The molecule has 254 valence electrons. The molecule has 54 heavy (non-hydrogen) atoms. The van der Waals surface area contributed by atoms with Crippen LogP contribution in [-0.4, -0.2) is 15.0 Å². The first-order valence-electron chi connectivity index (χ1n) is 20.5. The zero-order chi connectivity index (χ0) is 41.1. The van der Waals surface area contributed by atoms with Crippen LogP contribution >= 0.6 is 0 Å². The first kappa shape index (κ1) is 25.6. The van der Waals surface area contributed by atoms with Crippen LogP contribution in [0.1, 0.15) is 8.22 Å². The average Bonchev–Trinajstić information content (AvgIpc) is 3.70. The molecule has 5 nitrogen and oxygen atoms in total. The summed E-state index contributed by atoms with van der Waals surface area (Å²) < 4.78 is 61.5. The molecule has 0 unspecified atom stereocenters. The highest BCUT2D eigenvalue weighted by molar-refractivity contribution is 6.12. The average molecular weight is 699 g/mol. The van der Waals surface area contributed by atoms with E-state index in [2.05, 4.69) is 29.2 Å². The predicted molar refractivity (Wildman–Crippen MR) is 221 cm³/mol. The molecular formula is C49H32N4O. The van der Waals surface area contributed by atoms with Crippen LogP contribution in [0.3, 0.4) is 0 Å². The van der Waals surface area contributed by atoms with Gasteiger partial charge in [-0.1, -0.05) is 146 Å². The number of para-hydroxylation sites is 1. The lowest BCUT2D eigenvalue weighted by Gasteiger charge is -2.27. The normalized spacial score (nSPS) is 12.9. The molecule has 0 atom stereocenters. The molecule has 2 aromatic heterocycles. The van der Waals surface area contributed by atoms with Crippen LogP contribution in [0.2, 0.25) is 0 Å². The van der Waals surface area contributed by atoms with Crippen LogP contribution in [-0.2, 0) is 0 Å². The summed E-state index contributed by atoms with van der Waals surface area (Å²) in [5, 5.41) is 2.38. The molecule has 0 saturated heterocycles. The maximum absolute atomic E-state index is 9.49. The number of hydrogen-bond donors (Lipinski definition) is 0. The van der Waals surface area contributed by atoms with Crippen LogP contribution in [0, 0.1) is 0 Å². The van der Waals surface area contributed by atoms with Crippen LogP contribution < -0.4 is 4.90 Å². The highest BCUT2D eigenvalue weighted by Crippen LogP contribution is 2.41. The van der Waals surface area contributed by atoms with Crippen LogP contribution in [0.15, 0.2) is 198 Å². The second-order valence-electron chi connectivity index (χ2n) is 12.8. The minimum absolute atomic E-state index is 0.0351. The van der Waals surface area contributed by atoms with Crippen molar-refractivity contribution in [2.75, 3.05) is 4.90 Å². The fourth-order valence-electron chi connectivity index (χ4n) is 6.87. The number of hydrogen-bond acceptors (Lipinski definition) is 5. The Hall–Kier alpha value is -7.37. The van der Waals surface area contributed by atoms with Crippen LogP contribution in [0.25, 0.3) is 78.0 Å². The minimum Gasteiger partial charge on any atom is -0.456 e. The highest BCUT2D eigenvalue weighted by Gasteiger charge is 2.19. The summed E-state index contributed by atoms with van der Waals surface area (Å²) in [6.45, 7) is 0. The van der Waals surface area contributed by atoms with Gasteiger partial charge in [-0.05, 0) is 65.0 Å². The molecule has 0 N–H and O–H groups in total. The van der Waals surface area contributed by atoms with Gasteiger partial charge in [0.2, 0.25) is 0 Å². The fourth-order valence-corrected chi connectivity index (χ4v) is 6.87. The number of benzene rings is 8. The van der Waals surface area contributed by atoms with Gasteiger partial charge < -0.3 is 9.32 Å². The summed E-state index contributed by atoms with van der Waals surface area (Å²) in [6.07, 6.45) is 0.